The lowest BCUT2D eigenvalue weighted by Crippen LogP contribution is -2.45. The average molecular weight is 503 g/mol. The summed E-state index contributed by atoms with van der Waals surface area (Å²) in [5, 5.41) is 5.44. The first-order chi connectivity index (χ1) is 12.4. The Morgan fingerprint density at radius 3 is 2.26 bits per heavy atom. The van der Waals surface area contributed by atoms with E-state index < -0.39 is 29.3 Å². The molecular weight excluding hydrogens is 477 g/mol. The third-order valence-corrected chi connectivity index (χ3v) is 4.12. The van der Waals surface area contributed by atoms with Crippen molar-refractivity contribution < 1.29 is 19.1 Å². The summed E-state index contributed by atoms with van der Waals surface area (Å²) >= 11 is 2.13. The number of carbonyl (C=O) groups excluding carboxylic acids is 2. The van der Waals surface area contributed by atoms with Gasteiger partial charge in [-0.2, -0.15) is 0 Å². The van der Waals surface area contributed by atoms with Gasteiger partial charge in [-0.25, -0.2) is 9.59 Å². The highest BCUT2D eigenvalue weighted by Gasteiger charge is 2.28. The van der Waals surface area contributed by atoms with Gasteiger partial charge in [0.2, 0.25) is 0 Å². The molecule has 1 unspecified atom stereocenters. The Hall–Kier alpha value is -1.40. The van der Waals surface area contributed by atoms with Crippen LogP contribution >= 0.6 is 30.1 Å². The molecule has 1 atom stereocenters. The van der Waals surface area contributed by atoms with E-state index >= 15 is 0 Å². The van der Waals surface area contributed by atoms with Crippen LogP contribution in [0.5, 0.6) is 0 Å². The Morgan fingerprint density at radius 1 is 1.15 bits per heavy atom. The topological polar surface area (TPSA) is 64.6 Å². The van der Waals surface area contributed by atoms with Crippen molar-refractivity contribution in [2.24, 2.45) is 0 Å². The van der Waals surface area contributed by atoms with Gasteiger partial charge in [0.1, 0.15) is 17.2 Å². The minimum Gasteiger partial charge on any atom is -0.458 e. The molecule has 0 saturated heterocycles. The van der Waals surface area contributed by atoms with E-state index in [1.165, 1.54) is 8.93 Å². The van der Waals surface area contributed by atoms with Crippen LogP contribution in [0.25, 0.3) is 0 Å². The highest BCUT2D eigenvalue weighted by atomic mass is 127. The maximum absolute atomic E-state index is 12.3. The first-order valence-corrected chi connectivity index (χ1v) is 11.9. The van der Waals surface area contributed by atoms with Gasteiger partial charge in [0.15, 0.2) is 0 Å². The van der Waals surface area contributed by atoms with Gasteiger partial charge < -0.3 is 14.8 Å². The number of esters is 1. The second-order valence-corrected chi connectivity index (χ2v) is 9.41. The number of hydrogen-bond donors (Lipinski definition) is 1. The van der Waals surface area contributed by atoms with E-state index in [1.54, 1.807) is 27.7 Å². The largest absolute Gasteiger partial charge is 0.458 e. The van der Waals surface area contributed by atoms with Crippen LogP contribution in [0.3, 0.4) is 0 Å². The third kappa shape index (κ3) is 9.91. The molecule has 5 nitrogen and oxygen atoms in total. The number of nitrogens with one attached hydrogen (secondary N) is 1. The van der Waals surface area contributed by atoms with Gasteiger partial charge in [0.25, 0.3) is 0 Å². The van der Waals surface area contributed by atoms with Crippen LogP contribution in [-0.2, 0) is 20.7 Å². The highest BCUT2D eigenvalue weighted by molar-refractivity contribution is 14.2. The van der Waals surface area contributed by atoms with Crippen LogP contribution in [0.2, 0.25) is 0 Å². The summed E-state index contributed by atoms with van der Waals surface area (Å²) in [6.07, 6.45) is -0.0989. The molecule has 7 heteroatoms. The van der Waals surface area contributed by atoms with Crippen molar-refractivity contribution in [3.63, 3.8) is 0 Å². The summed E-state index contributed by atoms with van der Waals surface area (Å²) in [7, 11) is 1.44. The van der Waals surface area contributed by atoms with E-state index in [1.807, 2.05) is 38.1 Å². The summed E-state index contributed by atoms with van der Waals surface area (Å²) in [6, 6.07) is 7.03. The fourth-order valence-electron chi connectivity index (χ4n) is 2.22. The van der Waals surface area contributed by atoms with E-state index in [0.717, 1.165) is 11.1 Å². The van der Waals surface area contributed by atoms with Crippen LogP contribution in [0, 0.1) is 11.2 Å². The quantitative estimate of drug-likeness (QED) is 0.354. The summed E-state index contributed by atoms with van der Waals surface area (Å²) < 4.78 is 10.7. The standard InChI is InChI=1S/C20H26INO4S/c1-14(22-18(24)26-19(2,3)4)17(23)25-20(5,6)13-16-9-7-15(8-10-16)11-12-27-21/h7-10,14H,13H2,1-6H3,(H,22,24). The molecule has 1 aromatic carbocycles. The van der Waals surface area contributed by atoms with E-state index in [4.69, 9.17) is 9.47 Å². The molecule has 0 heterocycles. The number of alkyl carbamates (subject to hydrolysis) is 1. The number of carbonyl (C=O) groups is 2. The molecule has 0 fully saturated rings. The van der Waals surface area contributed by atoms with Crippen molar-refractivity contribution in [2.45, 2.75) is 65.2 Å². The fourth-order valence-corrected chi connectivity index (χ4v) is 2.70. The number of ether oxygens (including phenoxy) is 2. The van der Waals surface area contributed by atoms with Crippen LogP contribution in [0.1, 0.15) is 52.7 Å². The fraction of sp³-hybridized carbons (Fsp3) is 0.500. The Balaban J connectivity index is 2.62. The maximum atomic E-state index is 12.3. The Kier molecular flexibility index (Phi) is 8.95. The van der Waals surface area contributed by atoms with Gasteiger partial charge in [-0.3, -0.25) is 0 Å². The first-order valence-electron chi connectivity index (χ1n) is 8.52. The monoisotopic (exact) mass is 503 g/mol. The molecule has 1 aromatic rings. The van der Waals surface area contributed by atoms with E-state index in [0.29, 0.717) is 6.42 Å². The second-order valence-electron chi connectivity index (χ2n) is 7.73. The van der Waals surface area contributed by atoms with E-state index in [9.17, 15) is 9.59 Å². The molecular formula is C20H26INO4S. The molecule has 0 aromatic heterocycles. The molecule has 1 amide bonds. The zero-order chi connectivity index (χ0) is 20.7. The number of amides is 1. The molecule has 27 heavy (non-hydrogen) atoms. The molecule has 148 valence electrons. The molecule has 0 aliphatic heterocycles. The zero-order valence-corrected chi connectivity index (χ0v) is 19.5. The molecule has 1 N–H and O–H groups in total. The lowest BCUT2D eigenvalue weighted by molar-refractivity contribution is -0.158. The van der Waals surface area contributed by atoms with E-state index in [-0.39, 0.29) is 0 Å². The van der Waals surface area contributed by atoms with Crippen LogP contribution in [-0.4, -0.2) is 29.3 Å². The smallest absolute Gasteiger partial charge is 0.408 e. The van der Waals surface area contributed by atoms with Crippen molar-refractivity contribution >= 4 is 42.2 Å². The molecule has 1 rings (SSSR count). The highest BCUT2D eigenvalue weighted by Crippen LogP contribution is 2.19. The number of rotatable bonds is 5. The van der Waals surface area contributed by atoms with E-state index in [2.05, 4.69) is 37.7 Å². The average Bonchev–Trinajstić information content (AvgIpc) is 2.51. The van der Waals surface area contributed by atoms with Gasteiger partial charge in [-0.1, -0.05) is 18.1 Å². The van der Waals surface area contributed by atoms with Gasteiger partial charge in [0.05, 0.1) is 0 Å². The molecule has 0 aliphatic rings. The van der Waals surface area contributed by atoms with Crippen LogP contribution in [0.4, 0.5) is 4.79 Å². The number of hydrogen-bond acceptors (Lipinski definition) is 5. The molecule has 0 bridgehead atoms. The number of halogens is 1. The van der Waals surface area contributed by atoms with Gasteiger partial charge in [0, 0.05) is 33.2 Å². The SMILES string of the molecule is CC(NC(=O)OC(C)(C)C)C(=O)OC(C)(C)Cc1ccc(C#CSI)cc1. The summed E-state index contributed by atoms with van der Waals surface area (Å²) in [6.45, 7) is 10.5. The lowest BCUT2D eigenvalue weighted by Gasteiger charge is -2.28. The normalized spacial score (nSPS) is 12.4. The second kappa shape index (κ2) is 10.2. The minimum atomic E-state index is -0.803. The van der Waals surface area contributed by atoms with Crippen molar-refractivity contribution in [1.29, 1.82) is 0 Å². The molecule has 0 spiro atoms. The van der Waals surface area contributed by atoms with Gasteiger partial charge >= 0.3 is 12.1 Å². The Morgan fingerprint density at radius 2 is 1.74 bits per heavy atom. The summed E-state index contributed by atoms with van der Waals surface area (Å²) in [4.78, 5) is 24.1. The van der Waals surface area contributed by atoms with Crippen LogP contribution < -0.4 is 5.32 Å². The Labute approximate surface area is 177 Å². The predicted octanol–water partition coefficient (Wildman–Crippen LogP) is 4.86. The summed E-state index contributed by atoms with van der Waals surface area (Å²) in [5.74, 6) is 2.53. The zero-order valence-electron chi connectivity index (χ0n) is 16.5. The first kappa shape index (κ1) is 23.6. The lowest BCUT2D eigenvalue weighted by atomic mass is 9.97. The van der Waals surface area contributed by atoms with Crippen molar-refractivity contribution in [3.8, 4) is 11.2 Å². The molecule has 0 aliphatic carbocycles. The van der Waals surface area contributed by atoms with Crippen LogP contribution in [0.15, 0.2) is 24.3 Å². The Bertz CT molecular complexity index is 714. The molecule has 0 saturated carbocycles. The minimum absolute atomic E-state index is 0.507. The van der Waals surface area contributed by atoms with Crippen molar-refractivity contribution in [3.05, 3.63) is 35.4 Å². The van der Waals surface area contributed by atoms with Gasteiger partial charge in [-0.15, -0.1) is 0 Å². The van der Waals surface area contributed by atoms with Crippen molar-refractivity contribution in [2.75, 3.05) is 0 Å². The van der Waals surface area contributed by atoms with Gasteiger partial charge in [-0.05, 0) is 73.4 Å². The maximum Gasteiger partial charge on any atom is 0.408 e. The third-order valence-electron chi connectivity index (χ3n) is 3.28. The molecule has 0 radical (unpaired) electrons. The summed E-state index contributed by atoms with van der Waals surface area (Å²) in [5.41, 5.74) is 0.631. The predicted molar refractivity (Wildman–Crippen MR) is 118 cm³/mol. The van der Waals surface area contributed by atoms with Crippen molar-refractivity contribution in [1.82, 2.24) is 5.32 Å². The number of benzene rings is 1.